The summed E-state index contributed by atoms with van der Waals surface area (Å²) in [4.78, 5) is 4.82. The SMILES string of the molecule is Cc1nc2ccccc2n1-c1ccc(-c2c3ccccc3c(-c3cccc4c3C3CC5CC(CC4C5)C3)c3ccccc23)cc1. The minimum absolute atomic E-state index is 0.694. The Bertz CT molecular complexity index is 2220. The van der Waals surface area contributed by atoms with Crippen molar-refractivity contribution in [2.24, 2.45) is 11.8 Å². The van der Waals surface area contributed by atoms with E-state index >= 15 is 0 Å². The van der Waals surface area contributed by atoms with E-state index in [1.165, 1.54) is 75.9 Å². The van der Waals surface area contributed by atoms with Gasteiger partial charge in [-0.1, -0.05) is 91.0 Å². The molecule has 0 spiro atoms. The Labute approximate surface area is 264 Å². The summed E-state index contributed by atoms with van der Waals surface area (Å²) in [6.07, 6.45) is 7.01. The van der Waals surface area contributed by atoms with Crippen molar-refractivity contribution in [1.82, 2.24) is 9.55 Å². The molecule has 2 heteroatoms. The van der Waals surface area contributed by atoms with Crippen LogP contribution in [0.1, 0.15) is 60.9 Å². The van der Waals surface area contributed by atoms with Crippen LogP contribution >= 0.6 is 0 Å². The molecule has 218 valence electrons. The van der Waals surface area contributed by atoms with Gasteiger partial charge in [-0.25, -0.2) is 4.98 Å². The number of para-hydroxylation sites is 2. The highest BCUT2D eigenvalue weighted by atomic mass is 15.1. The summed E-state index contributed by atoms with van der Waals surface area (Å²) in [6.45, 7) is 2.09. The first-order valence-corrected chi connectivity index (χ1v) is 16.8. The molecule has 0 N–H and O–H groups in total. The lowest BCUT2D eigenvalue weighted by molar-refractivity contribution is 0.166. The first-order chi connectivity index (χ1) is 22.2. The zero-order chi connectivity index (χ0) is 29.6. The molecule has 2 atom stereocenters. The quantitative estimate of drug-likeness (QED) is 0.190. The van der Waals surface area contributed by atoms with Gasteiger partial charge in [-0.2, -0.15) is 0 Å². The summed E-state index contributed by atoms with van der Waals surface area (Å²) in [7, 11) is 0. The molecule has 0 radical (unpaired) electrons. The summed E-state index contributed by atoms with van der Waals surface area (Å²) in [5.41, 5.74) is 12.2. The smallest absolute Gasteiger partial charge is 0.111 e. The molecule has 4 aliphatic carbocycles. The van der Waals surface area contributed by atoms with Gasteiger partial charge in [0, 0.05) is 5.69 Å². The summed E-state index contributed by atoms with van der Waals surface area (Å²) >= 11 is 0. The van der Waals surface area contributed by atoms with Crippen molar-refractivity contribution in [2.75, 3.05) is 0 Å². The van der Waals surface area contributed by atoms with Crippen LogP contribution in [0.2, 0.25) is 0 Å². The molecule has 0 saturated heterocycles. The third kappa shape index (κ3) is 3.78. The molecule has 11 rings (SSSR count). The van der Waals surface area contributed by atoms with Gasteiger partial charge in [0.25, 0.3) is 0 Å². The first kappa shape index (κ1) is 25.6. The molecule has 2 nitrogen and oxygen atoms in total. The van der Waals surface area contributed by atoms with Crippen LogP contribution in [0, 0.1) is 18.8 Å². The van der Waals surface area contributed by atoms with E-state index in [1.54, 1.807) is 11.1 Å². The predicted molar refractivity (Wildman–Crippen MR) is 187 cm³/mol. The Morgan fingerprint density at radius 1 is 0.556 bits per heavy atom. The van der Waals surface area contributed by atoms with Crippen molar-refractivity contribution < 1.29 is 0 Å². The van der Waals surface area contributed by atoms with E-state index in [9.17, 15) is 0 Å². The monoisotopic (exact) mass is 580 g/mol. The van der Waals surface area contributed by atoms with Crippen LogP contribution in [-0.4, -0.2) is 9.55 Å². The van der Waals surface area contributed by atoms with Crippen molar-refractivity contribution in [3.8, 4) is 27.9 Å². The molecule has 7 aromatic rings. The van der Waals surface area contributed by atoms with E-state index in [0.717, 1.165) is 40.3 Å². The van der Waals surface area contributed by atoms with E-state index in [-0.39, 0.29) is 0 Å². The third-order valence-electron chi connectivity index (χ3n) is 11.5. The molecule has 2 fully saturated rings. The molecule has 2 saturated carbocycles. The van der Waals surface area contributed by atoms with Crippen LogP contribution in [0.25, 0.3) is 60.5 Å². The van der Waals surface area contributed by atoms with Crippen LogP contribution in [-0.2, 0) is 0 Å². The Hall–Kier alpha value is -4.69. The van der Waals surface area contributed by atoms with Crippen LogP contribution in [0.5, 0.6) is 0 Å². The minimum Gasteiger partial charge on any atom is -0.297 e. The number of fused-ring (bicyclic) bond motifs is 3. The third-order valence-corrected chi connectivity index (χ3v) is 11.5. The lowest BCUT2D eigenvalue weighted by Gasteiger charge is -2.38. The van der Waals surface area contributed by atoms with E-state index < -0.39 is 0 Å². The second-order valence-corrected chi connectivity index (χ2v) is 14.0. The molecule has 0 amide bonds. The second kappa shape index (κ2) is 9.65. The largest absolute Gasteiger partial charge is 0.297 e. The lowest BCUT2D eigenvalue weighted by Crippen LogP contribution is -2.25. The van der Waals surface area contributed by atoms with E-state index in [4.69, 9.17) is 4.98 Å². The standard InChI is InChI=1S/C43H36N2/c1-26-44-39-15-6-7-16-40(39)45(26)32-19-17-29(18-20-32)41-34-9-2-4-11-36(34)43(37-12-5-3-10-35(37)41)38-14-8-13-33-30-22-27-21-28(23-30)25-31(24-27)42(33)38/h2-20,27-28,30-31H,21-25H2,1H3. The highest BCUT2D eigenvalue weighted by Gasteiger charge is 2.43. The molecule has 6 aromatic carbocycles. The second-order valence-electron chi connectivity index (χ2n) is 14.0. The average molecular weight is 581 g/mol. The van der Waals surface area contributed by atoms with Gasteiger partial charge in [-0.3, -0.25) is 4.57 Å². The number of benzene rings is 6. The van der Waals surface area contributed by atoms with Gasteiger partial charge in [0.2, 0.25) is 0 Å². The fourth-order valence-electron chi connectivity index (χ4n) is 9.93. The van der Waals surface area contributed by atoms with Gasteiger partial charge < -0.3 is 0 Å². The molecular formula is C43H36N2. The van der Waals surface area contributed by atoms with Crippen LogP contribution in [0.4, 0.5) is 0 Å². The summed E-state index contributed by atoms with van der Waals surface area (Å²) in [5, 5.41) is 5.40. The van der Waals surface area contributed by atoms with Crippen molar-refractivity contribution in [3.05, 3.63) is 132 Å². The van der Waals surface area contributed by atoms with Crippen LogP contribution < -0.4 is 0 Å². The Morgan fingerprint density at radius 3 is 1.84 bits per heavy atom. The molecule has 1 heterocycles. The zero-order valence-corrected chi connectivity index (χ0v) is 25.7. The molecule has 2 unspecified atom stereocenters. The molecule has 4 aliphatic rings. The number of aryl methyl sites for hydroxylation is 1. The molecule has 4 bridgehead atoms. The predicted octanol–water partition coefficient (Wildman–Crippen LogP) is 11.4. The number of hydrogen-bond donors (Lipinski definition) is 0. The van der Waals surface area contributed by atoms with Gasteiger partial charge in [0.15, 0.2) is 0 Å². The number of hydrogen-bond acceptors (Lipinski definition) is 1. The number of rotatable bonds is 3. The highest BCUT2D eigenvalue weighted by molar-refractivity contribution is 6.21. The van der Waals surface area contributed by atoms with Crippen molar-refractivity contribution >= 4 is 32.6 Å². The van der Waals surface area contributed by atoms with Gasteiger partial charge in [-0.05, 0) is 142 Å². The number of imidazole rings is 1. The summed E-state index contributed by atoms with van der Waals surface area (Å²) < 4.78 is 2.26. The topological polar surface area (TPSA) is 17.8 Å². The van der Waals surface area contributed by atoms with Gasteiger partial charge in [0.1, 0.15) is 5.82 Å². The van der Waals surface area contributed by atoms with Gasteiger partial charge in [-0.15, -0.1) is 0 Å². The maximum absolute atomic E-state index is 4.82. The van der Waals surface area contributed by atoms with Crippen molar-refractivity contribution in [2.45, 2.75) is 50.9 Å². The molecular weight excluding hydrogens is 544 g/mol. The van der Waals surface area contributed by atoms with Crippen molar-refractivity contribution in [3.63, 3.8) is 0 Å². The molecule has 45 heavy (non-hydrogen) atoms. The fourth-order valence-corrected chi connectivity index (χ4v) is 9.93. The summed E-state index contributed by atoms with van der Waals surface area (Å²) in [6, 6.07) is 43.2. The maximum atomic E-state index is 4.82. The molecule has 1 aromatic heterocycles. The normalized spacial score (nSPS) is 21.9. The van der Waals surface area contributed by atoms with Crippen LogP contribution in [0.15, 0.2) is 115 Å². The highest BCUT2D eigenvalue weighted by Crippen LogP contribution is 2.58. The first-order valence-electron chi connectivity index (χ1n) is 16.8. The zero-order valence-electron chi connectivity index (χ0n) is 25.7. The number of nitrogens with zero attached hydrogens (tertiary/aromatic N) is 2. The van der Waals surface area contributed by atoms with Crippen molar-refractivity contribution in [1.29, 1.82) is 0 Å². The lowest BCUT2D eigenvalue weighted by atomic mass is 9.67. The average Bonchev–Trinajstić information content (AvgIpc) is 3.31. The fraction of sp³-hybridized carbons (Fsp3) is 0.233. The Kier molecular flexibility index (Phi) is 5.50. The van der Waals surface area contributed by atoms with Gasteiger partial charge in [0.05, 0.1) is 11.0 Å². The minimum atomic E-state index is 0.694. The Morgan fingerprint density at radius 2 is 1.16 bits per heavy atom. The van der Waals surface area contributed by atoms with E-state index in [1.807, 2.05) is 0 Å². The Balaban J connectivity index is 1.20. The maximum Gasteiger partial charge on any atom is 0.111 e. The van der Waals surface area contributed by atoms with E-state index in [2.05, 4.69) is 127 Å². The van der Waals surface area contributed by atoms with Crippen LogP contribution in [0.3, 0.4) is 0 Å². The molecule has 0 aliphatic heterocycles. The van der Waals surface area contributed by atoms with Gasteiger partial charge >= 0.3 is 0 Å². The summed E-state index contributed by atoms with van der Waals surface area (Å²) in [5.74, 6) is 4.27. The number of aromatic nitrogens is 2. The van der Waals surface area contributed by atoms with E-state index in [0.29, 0.717) is 5.92 Å².